The fourth-order valence-electron chi connectivity index (χ4n) is 2.68. The first-order valence-corrected chi connectivity index (χ1v) is 7.73. The number of nitrogens with one attached hydrogen (secondary N) is 1. The van der Waals surface area contributed by atoms with Gasteiger partial charge in [-0.2, -0.15) is 0 Å². The van der Waals surface area contributed by atoms with Gasteiger partial charge in [-0.05, 0) is 13.0 Å². The fraction of sp³-hybridized carbons (Fsp3) is 0.471. The average molecular weight is 315 g/mol. The smallest absolute Gasteiger partial charge is 0.254 e. The summed E-state index contributed by atoms with van der Waals surface area (Å²) < 4.78 is 5.84. The Morgan fingerprint density at radius 1 is 1.35 bits per heavy atom. The summed E-state index contributed by atoms with van der Waals surface area (Å²) in [7, 11) is 0. The Morgan fingerprint density at radius 3 is 2.74 bits per heavy atom. The van der Waals surface area contributed by atoms with Crippen molar-refractivity contribution in [3.8, 4) is 0 Å². The van der Waals surface area contributed by atoms with E-state index >= 15 is 0 Å². The molecule has 23 heavy (non-hydrogen) atoms. The Bertz CT molecular complexity index is 811. The van der Waals surface area contributed by atoms with Crippen LogP contribution in [0.4, 0.5) is 0 Å². The third-order valence-electron chi connectivity index (χ3n) is 3.88. The Morgan fingerprint density at radius 2 is 2.09 bits per heavy atom. The Hall–Kier alpha value is -2.37. The molecule has 0 fully saturated rings. The lowest BCUT2D eigenvalue weighted by atomic mass is 9.97. The number of rotatable bonds is 1. The van der Waals surface area contributed by atoms with Crippen molar-refractivity contribution in [3.05, 3.63) is 51.1 Å². The van der Waals surface area contributed by atoms with Crippen molar-refractivity contribution in [3.63, 3.8) is 0 Å². The van der Waals surface area contributed by atoms with Crippen LogP contribution in [-0.4, -0.2) is 27.3 Å². The van der Waals surface area contributed by atoms with Crippen LogP contribution in [0.15, 0.2) is 21.3 Å². The molecule has 2 aromatic heterocycles. The van der Waals surface area contributed by atoms with Gasteiger partial charge < -0.3 is 14.3 Å². The largest absolute Gasteiger partial charge is 0.445 e. The van der Waals surface area contributed by atoms with Crippen molar-refractivity contribution in [2.75, 3.05) is 6.54 Å². The Balaban J connectivity index is 1.85. The van der Waals surface area contributed by atoms with Gasteiger partial charge >= 0.3 is 0 Å². The first kappa shape index (κ1) is 15.5. The molecular weight excluding hydrogens is 294 g/mol. The van der Waals surface area contributed by atoms with E-state index in [0.717, 1.165) is 11.5 Å². The number of carbonyl (C=O) groups excluding carboxylic acids is 1. The minimum Gasteiger partial charge on any atom is -0.445 e. The quantitative estimate of drug-likeness (QED) is 0.874. The van der Waals surface area contributed by atoms with Crippen LogP contribution in [0.1, 0.15) is 54.2 Å². The van der Waals surface area contributed by atoms with Crippen molar-refractivity contribution >= 4 is 5.91 Å². The maximum Gasteiger partial charge on any atom is 0.254 e. The lowest BCUT2D eigenvalue weighted by Crippen LogP contribution is -2.36. The molecule has 0 saturated carbocycles. The van der Waals surface area contributed by atoms with E-state index in [1.54, 1.807) is 17.9 Å². The van der Waals surface area contributed by atoms with E-state index in [2.05, 4.69) is 9.97 Å². The van der Waals surface area contributed by atoms with Crippen molar-refractivity contribution < 1.29 is 9.21 Å². The molecule has 3 rings (SSSR count). The number of aryl methyl sites for hydroxylation is 1. The van der Waals surface area contributed by atoms with Crippen molar-refractivity contribution in [2.45, 2.75) is 46.1 Å². The molecule has 0 saturated heterocycles. The summed E-state index contributed by atoms with van der Waals surface area (Å²) in [6.07, 6.45) is 0.645. The summed E-state index contributed by atoms with van der Waals surface area (Å²) in [5.41, 5.74) is 1.48. The van der Waals surface area contributed by atoms with Crippen molar-refractivity contribution in [1.82, 2.24) is 14.9 Å². The highest BCUT2D eigenvalue weighted by Crippen LogP contribution is 2.27. The molecule has 3 heterocycles. The van der Waals surface area contributed by atoms with E-state index in [1.165, 1.54) is 6.07 Å². The molecule has 0 bridgehead atoms. The molecule has 1 aliphatic rings. The highest BCUT2D eigenvalue weighted by Gasteiger charge is 2.29. The maximum atomic E-state index is 12.6. The summed E-state index contributed by atoms with van der Waals surface area (Å²) in [6, 6.07) is 3.04. The number of carbonyl (C=O) groups is 1. The van der Waals surface area contributed by atoms with Gasteiger partial charge in [-0.25, -0.2) is 4.98 Å². The highest BCUT2D eigenvalue weighted by molar-refractivity contribution is 5.94. The zero-order chi connectivity index (χ0) is 16.8. The van der Waals surface area contributed by atoms with Crippen LogP contribution < -0.4 is 5.56 Å². The van der Waals surface area contributed by atoms with Gasteiger partial charge in [-0.3, -0.25) is 9.59 Å². The van der Waals surface area contributed by atoms with E-state index in [0.29, 0.717) is 36.7 Å². The molecule has 0 unspecified atom stereocenters. The number of H-pyrrole nitrogens is 1. The number of hydrogen-bond donors (Lipinski definition) is 1. The van der Waals surface area contributed by atoms with Crippen LogP contribution in [-0.2, 0) is 18.4 Å². The van der Waals surface area contributed by atoms with Crippen molar-refractivity contribution in [1.29, 1.82) is 0 Å². The predicted molar refractivity (Wildman–Crippen MR) is 85.4 cm³/mol. The zero-order valence-corrected chi connectivity index (χ0v) is 13.9. The second-order valence-corrected chi connectivity index (χ2v) is 7.03. The number of aromatic amines is 1. The molecule has 2 aromatic rings. The van der Waals surface area contributed by atoms with Crippen LogP contribution >= 0.6 is 0 Å². The summed E-state index contributed by atoms with van der Waals surface area (Å²) in [6.45, 7) is 8.89. The van der Waals surface area contributed by atoms with Gasteiger partial charge in [-0.1, -0.05) is 20.8 Å². The van der Waals surface area contributed by atoms with Crippen LogP contribution in [0, 0.1) is 6.92 Å². The summed E-state index contributed by atoms with van der Waals surface area (Å²) >= 11 is 0. The maximum absolute atomic E-state index is 12.6. The fourth-order valence-corrected chi connectivity index (χ4v) is 2.68. The Labute approximate surface area is 134 Å². The van der Waals surface area contributed by atoms with Gasteiger partial charge in [0.2, 0.25) is 5.56 Å². The number of nitrogens with zero attached hydrogens (tertiary/aromatic N) is 2. The van der Waals surface area contributed by atoms with Gasteiger partial charge in [-0.15, -0.1) is 0 Å². The van der Waals surface area contributed by atoms with Crippen LogP contribution in [0.3, 0.4) is 0 Å². The van der Waals surface area contributed by atoms with E-state index < -0.39 is 0 Å². The molecule has 0 aliphatic carbocycles. The van der Waals surface area contributed by atoms with E-state index in [-0.39, 0.29) is 16.9 Å². The number of pyridine rings is 1. The molecule has 0 atom stereocenters. The molecule has 0 aromatic carbocycles. The number of hydrogen-bond acceptors (Lipinski definition) is 4. The third-order valence-corrected chi connectivity index (χ3v) is 3.88. The molecule has 0 radical (unpaired) electrons. The van der Waals surface area contributed by atoms with E-state index in [4.69, 9.17) is 4.42 Å². The number of fused-ring (bicyclic) bond motifs is 1. The molecule has 1 amide bonds. The number of aromatic nitrogens is 2. The molecule has 6 nitrogen and oxygen atoms in total. The Kier molecular flexibility index (Phi) is 3.62. The topological polar surface area (TPSA) is 79.2 Å². The molecule has 6 heteroatoms. The van der Waals surface area contributed by atoms with E-state index in [1.807, 2.05) is 20.8 Å². The first-order valence-electron chi connectivity index (χ1n) is 7.73. The van der Waals surface area contributed by atoms with Gasteiger partial charge in [0.05, 0.1) is 6.54 Å². The van der Waals surface area contributed by atoms with Gasteiger partial charge in [0.15, 0.2) is 5.89 Å². The molecule has 0 spiro atoms. The SMILES string of the molecule is Cc1cc(C(=O)N2CCc3oc(C(C)(C)C)nc3C2)cc(=O)[nH]1. The highest BCUT2D eigenvalue weighted by atomic mass is 16.4. The standard InChI is InChI=1S/C17H21N3O3/c1-10-7-11(8-14(21)18-10)15(22)20-6-5-13-12(9-20)19-16(23-13)17(2,3)4/h7-8H,5-6,9H2,1-4H3,(H,18,21). The van der Waals surface area contributed by atoms with Crippen molar-refractivity contribution in [2.24, 2.45) is 0 Å². The third kappa shape index (κ3) is 3.06. The van der Waals surface area contributed by atoms with Crippen LogP contribution in [0.25, 0.3) is 0 Å². The summed E-state index contributed by atoms with van der Waals surface area (Å²) in [5.74, 6) is 1.41. The first-order chi connectivity index (χ1) is 10.7. The predicted octanol–water partition coefficient (Wildman–Crippen LogP) is 2.17. The lowest BCUT2D eigenvalue weighted by molar-refractivity contribution is 0.0727. The summed E-state index contributed by atoms with van der Waals surface area (Å²) in [5, 5.41) is 0. The minimum atomic E-state index is -0.262. The van der Waals surface area contributed by atoms with Gasteiger partial charge in [0.25, 0.3) is 5.91 Å². The molecule has 1 N–H and O–H groups in total. The van der Waals surface area contributed by atoms with Crippen LogP contribution in [0.5, 0.6) is 0 Å². The number of amides is 1. The second kappa shape index (κ2) is 5.37. The molecular formula is C17H21N3O3. The van der Waals surface area contributed by atoms with Crippen LogP contribution in [0.2, 0.25) is 0 Å². The summed E-state index contributed by atoms with van der Waals surface area (Å²) in [4.78, 5) is 33.1. The lowest BCUT2D eigenvalue weighted by Gasteiger charge is -2.25. The normalized spacial score (nSPS) is 14.7. The zero-order valence-electron chi connectivity index (χ0n) is 13.9. The monoisotopic (exact) mass is 315 g/mol. The van der Waals surface area contributed by atoms with E-state index in [9.17, 15) is 9.59 Å². The molecule has 1 aliphatic heterocycles. The van der Waals surface area contributed by atoms with Gasteiger partial charge in [0, 0.05) is 35.7 Å². The van der Waals surface area contributed by atoms with Gasteiger partial charge in [0.1, 0.15) is 11.5 Å². The second-order valence-electron chi connectivity index (χ2n) is 7.03. The molecule has 122 valence electrons. The minimum absolute atomic E-state index is 0.148. The number of oxazole rings is 1. The average Bonchev–Trinajstić information content (AvgIpc) is 2.88.